The van der Waals surface area contributed by atoms with Crippen LogP contribution in [0.15, 0.2) is 82.6 Å². The summed E-state index contributed by atoms with van der Waals surface area (Å²) in [7, 11) is 0. The van der Waals surface area contributed by atoms with Crippen LogP contribution in [-0.2, 0) is 16.0 Å². The molecule has 0 radical (unpaired) electrons. The molecule has 0 saturated carbocycles. The second-order valence-electron chi connectivity index (χ2n) is 7.53. The molecule has 5 rings (SSSR count). The second-order valence-corrected chi connectivity index (χ2v) is 9.43. The van der Waals surface area contributed by atoms with Gasteiger partial charge in [-0.1, -0.05) is 64.5 Å². The molecule has 0 saturated heterocycles. The number of nitrogens with one attached hydrogen (secondary N) is 1. The lowest BCUT2D eigenvalue weighted by Gasteiger charge is -2.30. The number of hydrogen-bond donors (Lipinski definition) is 1. The molecule has 0 bridgehead atoms. The SMILES string of the molecule is O=C1CN(C(=O)Cc2cccc3ccccc23)C(c2cccs2)c2cc(Br)ccc2N1. The fourth-order valence-electron chi connectivity index (χ4n) is 4.17. The van der Waals surface area contributed by atoms with Crippen molar-refractivity contribution in [3.8, 4) is 0 Å². The summed E-state index contributed by atoms with van der Waals surface area (Å²) < 4.78 is 0.908. The minimum absolute atomic E-state index is 0.0124. The van der Waals surface area contributed by atoms with E-state index in [4.69, 9.17) is 0 Å². The van der Waals surface area contributed by atoms with E-state index < -0.39 is 0 Å². The number of halogens is 1. The Labute approximate surface area is 192 Å². The van der Waals surface area contributed by atoms with Crippen molar-refractivity contribution in [2.45, 2.75) is 12.5 Å². The maximum Gasteiger partial charge on any atom is 0.244 e. The number of fused-ring (bicyclic) bond motifs is 2. The van der Waals surface area contributed by atoms with E-state index in [9.17, 15) is 9.59 Å². The molecular weight excluding hydrogens is 472 g/mol. The standard InChI is InChI=1S/C25H19BrN2O2S/c26-18-10-11-21-20(14-18)25(22-9-4-12-31-22)28(15-23(29)27-21)24(30)13-17-7-3-6-16-5-1-2-8-19(16)17/h1-12,14,25H,13,15H2,(H,27,29). The van der Waals surface area contributed by atoms with Crippen LogP contribution in [0.2, 0.25) is 0 Å². The summed E-state index contributed by atoms with van der Waals surface area (Å²) in [5, 5.41) is 7.14. The second kappa shape index (κ2) is 8.29. The molecule has 2 amide bonds. The predicted molar refractivity (Wildman–Crippen MR) is 128 cm³/mol. The minimum Gasteiger partial charge on any atom is -0.324 e. The first-order chi connectivity index (χ1) is 15.1. The van der Waals surface area contributed by atoms with Gasteiger partial charge in [0.15, 0.2) is 0 Å². The third-order valence-electron chi connectivity index (χ3n) is 5.56. The van der Waals surface area contributed by atoms with E-state index in [0.29, 0.717) is 0 Å². The summed E-state index contributed by atoms with van der Waals surface area (Å²) >= 11 is 5.14. The summed E-state index contributed by atoms with van der Waals surface area (Å²) in [6, 6.07) is 23.5. The van der Waals surface area contributed by atoms with Gasteiger partial charge >= 0.3 is 0 Å². The van der Waals surface area contributed by atoms with E-state index in [1.165, 1.54) is 0 Å². The topological polar surface area (TPSA) is 49.4 Å². The summed E-state index contributed by atoms with van der Waals surface area (Å²) in [5.74, 6) is -0.258. The number of nitrogens with zero attached hydrogens (tertiary/aromatic N) is 1. The van der Waals surface area contributed by atoms with Crippen LogP contribution in [0.5, 0.6) is 0 Å². The lowest BCUT2D eigenvalue weighted by molar-refractivity contribution is -0.135. The highest BCUT2D eigenvalue weighted by Crippen LogP contribution is 2.39. The van der Waals surface area contributed by atoms with E-state index in [2.05, 4.69) is 21.2 Å². The van der Waals surface area contributed by atoms with Gasteiger partial charge in [0.25, 0.3) is 0 Å². The average molecular weight is 491 g/mol. The van der Waals surface area contributed by atoms with E-state index in [0.717, 1.165) is 36.9 Å². The van der Waals surface area contributed by atoms with Gasteiger partial charge in [0.05, 0.1) is 12.5 Å². The van der Waals surface area contributed by atoms with Crippen LogP contribution in [0, 0.1) is 0 Å². The van der Waals surface area contributed by atoms with Crippen molar-refractivity contribution in [1.29, 1.82) is 0 Å². The molecule has 1 N–H and O–H groups in total. The number of thiophene rings is 1. The van der Waals surface area contributed by atoms with E-state index in [-0.39, 0.29) is 30.8 Å². The summed E-state index contributed by atoms with van der Waals surface area (Å²) in [4.78, 5) is 29.1. The Bertz CT molecular complexity index is 1280. The van der Waals surface area contributed by atoms with Crippen LogP contribution in [0.4, 0.5) is 5.69 Å². The normalized spacial score (nSPS) is 16.0. The highest BCUT2D eigenvalue weighted by atomic mass is 79.9. The zero-order valence-corrected chi connectivity index (χ0v) is 18.9. The Hall–Kier alpha value is -2.96. The number of anilines is 1. The molecule has 3 aromatic carbocycles. The van der Waals surface area contributed by atoms with E-state index in [1.807, 2.05) is 78.2 Å². The summed E-state index contributed by atoms with van der Waals surface area (Å²) in [5.41, 5.74) is 2.62. The molecule has 2 heterocycles. The highest BCUT2D eigenvalue weighted by molar-refractivity contribution is 9.10. The van der Waals surface area contributed by atoms with E-state index in [1.54, 1.807) is 16.2 Å². The van der Waals surface area contributed by atoms with Crippen molar-refractivity contribution in [1.82, 2.24) is 4.90 Å². The minimum atomic E-state index is -0.325. The Morgan fingerprint density at radius 1 is 1.06 bits per heavy atom. The maximum absolute atomic E-state index is 13.6. The fraction of sp³-hybridized carbons (Fsp3) is 0.120. The van der Waals surface area contributed by atoms with Gasteiger partial charge in [-0.15, -0.1) is 11.3 Å². The maximum atomic E-state index is 13.6. The van der Waals surface area contributed by atoms with Gasteiger partial charge in [0.1, 0.15) is 6.54 Å². The number of carbonyl (C=O) groups excluding carboxylic acids is 2. The third kappa shape index (κ3) is 3.89. The van der Waals surface area contributed by atoms with Crippen molar-refractivity contribution in [3.05, 3.63) is 98.7 Å². The van der Waals surface area contributed by atoms with Crippen LogP contribution in [-0.4, -0.2) is 23.3 Å². The number of rotatable bonds is 3. The van der Waals surface area contributed by atoms with Gasteiger partial charge in [-0.3, -0.25) is 9.59 Å². The average Bonchev–Trinajstić information content (AvgIpc) is 3.25. The molecule has 1 aliphatic heterocycles. The molecule has 1 atom stereocenters. The largest absolute Gasteiger partial charge is 0.324 e. The Balaban J connectivity index is 1.58. The first-order valence-electron chi connectivity index (χ1n) is 9.99. The first-order valence-corrected chi connectivity index (χ1v) is 11.7. The van der Waals surface area contributed by atoms with Gasteiger partial charge in [-0.25, -0.2) is 0 Å². The van der Waals surface area contributed by atoms with Gasteiger partial charge in [0, 0.05) is 20.6 Å². The van der Waals surface area contributed by atoms with Crippen LogP contribution in [0.1, 0.15) is 22.0 Å². The lowest BCUT2D eigenvalue weighted by atomic mass is 9.99. The molecule has 6 heteroatoms. The molecule has 0 spiro atoms. The predicted octanol–water partition coefficient (Wildman–Crippen LogP) is 5.78. The fourth-order valence-corrected chi connectivity index (χ4v) is 5.41. The summed E-state index contributed by atoms with van der Waals surface area (Å²) in [6.45, 7) is 0.0124. The highest BCUT2D eigenvalue weighted by Gasteiger charge is 2.34. The van der Waals surface area contributed by atoms with Crippen molar-refractivity contribution < 1.29 is 9.59 Å². The smallest absolute Gasteiger partial charge is 0.244 e. The molecule has 154 valence electrons. The number of benzene rings is 3. The van der Waals surface area contributed by atoms with Crippen LogP contribution in [0.25, 0.3) is 10.8 Å². The third-order valence-corrected chi connectivity index (χ3v) is 6.98. The molecule has 0 fully saturated rings. The molecule has 4 aromatic rings. The first kappa shape index (κ1) is 20.0. The zero-order chi connectivity index (χ0) is 21.4. The van der Waals surface area contributed by atoms with E-state index >= 15 is 0 Å². The van der Waals surface area contributed by atoms with Crippen molar-refractivity contribution >= 4 is 55.5 Å². The molecule has 1 aromatic heterocycles. The Kier molecular flexibility index (Phi) is 5.34. The molecule has 31 heavy (non-hydrogen) atoms. The Morgan fingerprint density at radius 3 is 2.74 bits per heavy atom. The van der Waals surface area contributed by atoms with Crippen molar-refractivity contribution in [2.24, 2.45) is 0 Å². The van der Waals surface area contributed by atoms with Crippen LogP contribution >= 0.6 is 27.3 Å². The van der Waals surface area contributed by atoms with Crippen molar-refractivity contribution in [2.75, 3.05) is 11.9 Å². The molecule has 1 unspecified atom stereocenters. The molecule has 0 aliphatic carbocycles. The summed E-state index contributed by atoms with van der Waals surface area (Å²) in [6.07, 6.45) is 0.236. The van der Waals surface area contributed by atoms with Crippen molar-refractivity contribution in [3.63, 3.8) is 0 Å². The lowest BCUT2D eigenvalue weighted by Crippen LogP contribution is -2.39. The van der Waals surface area contributed by atoms with Crippen LogP contribution < -0.4 is 5.32 Å². The number of amides is 2. The van der Waals surface area contributed by atoms with Gasteiger partial charge in [-0.2, -0.15) is 0 Å². The van der Waals surface area contributed by atoms with Gasteiger partial charge < -0.3 is 10.2 Å². The van der Waals surface area contributed by atoms with Gasteiger partial charge in [0.2, 0.25) is 11.8 Å². The van der Waals surface area contributed by atoms with Gasteiger partial charge in [-0.05, 0) is 46.0 Å². The van der Waals surface area contributed by atoms with Crippen LogP contribution in [0.3, 0.4) is 0 Å². The molecule has 1 aliphatic rings. The monoisotopic (exact) mass is 490 g/mol. The number of carbonyl (C=O) groups is 2. The molecule has 4 nitrogen and oxygen atoms in total. The number of hydrogen-bond acceptors (Lipinski definition) is 3. The molecular formula is C25H19BrN2O2S. The quantitative estimate of drug-likeness (QED) is 0.395. The Morgan fingerprint density at radius 2 is 1.90 bits per heavy atom. The zero-order valence-electron chi connectivity index (χ0n) is 16.5.